The minimum Gasteiger partial charge on any atom is -0.329 e. The molecule has 2 heterocycles. The highest BCUT2D eigenvalue weighted by Gasteiger charge is 2.10. The Labute approximate surface area is 105 Å². The molecule has 0 saturated carbocycles. The zero-order valence-corrected chi connectivity index (χ0v) is 10.3. The first-order chi connectivity index (χ1) is 8.79. The first-order valence-electron chi connectivity index (χ1n) is 5.97. The van der Waals surface area contributed by atoms with Crippen molar-refractivity contribution < 1.29 is 0 Å². The summed E-state index contributed by atoms with van der Waals surface area (Å²) in [5, 5.41) is 3.37. The van der Waals surface area contributed by atoms with E-state index in [1.807, 2.05) is 6.07 Å². The molecule has 0 radical (unpaired) electrons. The van der Waals surface area contributed by atoms with Crippen molar-refractivity contribution >= 4 is 0 Å². The molecule has 1 atom stereocenters. The van der Waals surface area contributed by atoms with Crippen LogP contribution in [0.25, 0.3) is 0 Å². The summed E-state index contributed by atoms with van der Waals surface area (Å²) in [6.07, 6.45) is 6.11. The number of H-pyrrole nitrogens is 1. The van der Waals surface area contributed by atoms with E-state index in [1.54, 1.807) is 24.7 Å². The molecule has 2 N–H and O–H groups in total. The van der Waals surface area contributed by atoms with Crippen LogP contribution in [0.15, 0.2) is 41.6 Å². The largest absolute Gasteiger partial charge is 0.329 e. The molecular formula is C13H16N4O. The van der Waals surface area contributed by atoms with Crippen LogP contribution in [0.4, 0.5) is 0 Å². The van der Waals surface area contributed by atoms with Gasteiger partial charge in [-0.05, 0) is 18.1 Å². The Bertz CT molecular complexity index is 518. The van der Waals surface area contributed by atoms with E-state index in [9.17, 15) is 4.79 Å². The average Bonchev–Trinajstić information content (AvgIpc) is 2.43. The molecule has 0 saturated heterocycles. The summed E-state index contributed by atoms with van der Waals surface area (Å²) in [6.45, 7) is 2.76. The number of aromatic amines is 1. The van der Waals surface area contributed by atoms with Crippen molar-refractivity contribution in [2.24, 2.45) is 0 Å². The molecule has 94 valence electrons. The second-order valence-electron chi connectivity index (χ2n) is 4.01. The van der Waals surface area contributed by atoms with Gasteiger partial charge in [-0.1, -0.05) is 13.0 Å². The molecule has 0 fully saturated rings. The summed E-state index contributed by atoms with van der Waals surface area (Å²) >= 11 is 0. The van der Waals surface area contributed by atoms with Crippen LogP contribution in [0.3, 0.4) is 0 Å². The van der Waals surface area contributed by atoms with Gasteiger partial charge in [-0.15, -0.1) is 0 Å². The fourth-order valence-electron chi connectivity index (χ4n) is 1.70. The molecule has 0 aliphatic rings. The summed E-state index contributed by atoms with van der Waals surface area (Å²) in [4.78, 5) is 22.1. The number of hydrogen-bond acceptors (Lipinski definition) is 4. The smallest absolute Gasteiger partial charge is 0.247 e. The Morgan fingerprint density at radius 1 is 1.33 bits per heavy atom. The monoisotopic (exact) mass is 244 g/mol. The van der Waals surface area contributed by atoms with E-state index < -0.39 is 0 Å². The van der Waals surface area contributed by atoms with E-state index in [1.165, 1.54) is 6.07 Å². The topological polar surface area (TPSA) is 70.7 Å². The van der Waals surface area contributed by atoms with Gasteiger partial charge in [0.2, 0.25) is 5.56 Å². The maximum Gasteiger partial charge on any atom is 0.247 e. The van der Waals surface area contributed by atoms with Crippen LogP contribution in [-0.4, -0.2) is 15.0 Å². The Morgan fingerprint density at radius 3 is 2.72 bits per heavy atom. The van der Waals surface area contributed by atoms with Crippen molar-refractivity contribution in [2.75, 3.05) is 0 Å². The average molecular weight is 244 g/mol. The molecule has 0 spiro atoms. The van der Waals surface area contributed by atoms with E-state index in [2.05, 4.69) is 27.2 Å². The molecule has 2 rings (SSSR count). The SMILES string of the molecule is CCC(NCc1ccc(=O)[nH]c1)c1ncccn1. The van der Waals surface area contributed by atoms with Crippen molar-refractivity contribution in [3.8, 4) is 0 Å². The van der Waals surface area contributed by atoms with Crippen LogP contribution in [0, 0.1) is 0 Å². The van der Waals surface area contributed by atoms with Crippen molar-refractivity contribution in [1.29, 1.82) is 0 Å². The van der Waals surface area contributed by atoms with Crippen LogP contribution in [0.5, 0.6) is 0 Å². The van der Waals surface area contributed by atoms with Crippen LogP contribution in [0.1, 0.15) is 30.8 Å². The Hall–Kier alpha value is -2.01. The first-order valence-corrected chi connectivity index (χ1v) is 5.97. The highest BCUT2D eigenvalue weighted by molar-refractivity contribution is 5.09. The third-order valence-electron chi connectivity index (χ3n) is 2.71. The minimum absolute atomic E-state index is 0.0859. The number of pyridine rings is 1. The second-order valence-corrected chi connectivity index (χ2v) is 4.01. The van der Waals surface area contributed by atoms with Crippen LogP contribution >= 0.6 is 0 Å². The fourth-order valence-corrected chi connectivity index (χ4v) is 1.70. The van der Waals surface area contributed by atoms with Gasteiger partial charge in [0, 0.05) is 31.2 Å². The zero-order valence-electron chi connectivity index (χ0n) is 10.3. The van der Waals surface area contributed by atoms with Gasteiger partial charge in [0.05, 0.1) is 6.04 Å². The van der Waals surface area contributed by atoms with E-state index >= 15 is 0 Å². The molecule has 18 heavy (non-hydrogen) atoms. The summed E-state index contributed by atoms with van der Waals surface area (Å²) in [5.74, 6) is 0.796. The predicted molar refractivity (Wildman–Crippen MR) is 69.0 cm³/mol. The van der Waals surface area contributed by atoms with Crippen molar-refractivity contribution in [1.82, 2.24) is 20.3 Å². The Kier molecular flexibility index (Phi) is 4.20. The zero-order chi connectivity index (χ0) is 12.8. The first kappa shape index (κ1) is 12.4. The Balaban J connectivity index is 1.99. The number of nitrogens with one attached hydrogen (secondary N) is 2. The van der Waals surface area contributed by atoms with Crippen LogP contribution < -0.4 is 10.9 Å². The number of hydrogen-bond donors (Lipinski definition) is 2. The van der Waals surface area contributed by atoms with E-state index in [4.69, 9.17) is 0 Å². The highest BCUT2D eigenvalue weighted by atomic mass is 16.1. The minimum atomic E-state index is -0.0859. The predicted octanol–water partition coefficient (Wildman–Crippen LogP) is 1.41. The third kappa shape index (κ3) is 3.24. The lowest BCUT2D eigenvalue weighted by Crippen LogP contribution is -2.22. The van der Waals surface area contributed by atoms with Crippen molar-refractivity contribution in [3.63, 3.8) is 0 Å². The van der Waals surface area contributed by atoms with Crippen LogP contribution in [0.2, 0.25) is 0 Å². The molecule has 0 aliphatic carbocycles. The standard InChI is InChI=1S/C13H16N4O/c1-2-11(13-14-6-3-7-15-13)16-8-10-4-5-12(18)17-9-10/h3-7,9,11,16H,2,8H2,1H3,(H,17,18). The lowest BCUT2D eigenvalue weighted by Gasteiger charge is -2.15. The number of aromatic nitrogens is 3. The normalized spacial score (nSPS) is 12.3. The molecule has 0 amide bonds. The second kappa shape index (κ2) is 6.07. The lowest BCUT2D eigenvalue weighted by molar-refractivity contribution is 0.493. The summed E-state index contributed by atoms with van der Waals surface area (Å²) < 4.78 is 0. The van der Waals surface area contributed by atoms with Gasteiger partial charge in [0.1, 0.15) is 5.82 Å². The van der Waals surface area contributed by atoms with Gasteiger partial charge in [-0.3, -0.25) is 4.79 Å². The molecule has 5 heteroatoms. The molecule has 2 aromatic rings. The molecule has 5 nitrogen and oxygen atoms in total. The molecule has 0 aliphatic heterocycles. The summed E-state index contributed by atoms with van der Waals surface area (Å²) in [6, 6.07) is 5.26. The quantitative estimate of drug-likeness (QED) is 0.834. The Morgan fingerprint density at radius 2 is 2.11 bits per heavy atom. The van der Waals surface area contributed by atoms with E-state index in [0.29, 0.717) is 6.54 Å². The molecule has 2 aromatic heterocycles. The van der Waals surface area contributed by atoms with Crippen LogP contribution in [-0.2, 0) is 6.54 Å². The van der Waals surface area contributed by atoms with Gasteiger partial charge in [0.25, 0.3) is 0 Å². The molecule has 0 aromatic carbocycles. The lowest BCUT2D eigenvalue weighted by atomic mass is 10.2. The fraction of sp³-hybridized carbons (Fsp3) is 0.308. The third-order valence-corrected chi connectivity index (χ3v) is 2.71. The van der Waals surface area contributed by atoms with E-state index in [-0.39, 0.29) is 11.6 Å². The molecule has 0 bridgehead atoms. The summed E-state index contributed by atoms with van der Waals surface area (Å²) in [7, 11) is 0. The number of rotatable bonds is 5. The van der Waals surface area contributed by atoms with Gasteiger partial charge in [-0.25, -0.2) is 9.97 Å². The molecule has 1 unspecified atom stereocenters. The van der Waals surface area contributed by atoms with Gasteiger partial charge in [0.15, 0.2) is 0 Å². The van der Waals surface area contributed by atoms with Gasteiger partial charge < -0.3 is 10.3 Å². The van der Waals surface area contributed by atoms with Gasteiger partial charge >= 0.3 is 0 Å². The van der Waals surface area contributed by atoms with Crippen molar-refractivity contribution in [3.05, 3.63) is 58.5 Å². The maximum absolute atomic E-state index is 10.9. The van der Waals surface area contributed by atoms with E-state index in [0.717, 1.165) is 17.8 Å². The summed E-state index contributed by atoms with van der Waals surface area (Å²) in [5.41, 5.74) is 0.946. The maximum atomic E-state index is 10.9. The highest BCUT2D eigenvalue weighted by Crippen LogP contribution is 2.11. The van der Waals surface area contributed by atoms with Gasteiger partial charge in [-0.2, -0.15) is 0 Å². The molecular weight excluding hydrogens is 228 g/mol. The number of nitrogens with zero attached hydrogens (tertiary/aromatic N) is 2. The van der Waals surface area contributed by atoms with Crippen molar-refractivity contribution in [2.45, 2.75) is 25.9 Å².